The molecule has 1 aliphatic rings. The zero-order chi connectivity index (χ0) is 19.7. The van der Waals surface area contributed by atoms with Crippen LogP contribution in [-0.2, 0) is 10.0 Å². The lowest BCUT2D eigenvalue weighted by atomic mass is 9.95. The molecule has 28 heavy (non-hydrogen) atoms. The van der Waals surface area contributed by atoms with Crippen LogP contribution in [0.4, 0.5) is 0 Å². The highest BCUT2D eigenvalue weighted by Crippen LogP contribution is 2.31. The molecule has 1 atom stereocenters. The van der Waals surface area contributed by atoms with Crippen LogP contribution >= 0.6 is 0 Å². The summed E-state index contributed by atoms with van der Waals surface area (Å²) in [5.41, 5.74) is 3.69. The number of aromatic nitrogens is 2. The van der Waals surface area contributed by atoms with Gasteiger partial charge in [0, 0.05) is 42.0 Å². The van der Waals surface area contributed by atoms with Crippen molar-refractivity contribution in [2.45, 2.75) is 37.5 Å². The quantitative estimate of drug-likeness (QED) is 0.667. The van der Waals surface area contributed by atoms with E-state index in [9.17, 15) is 8.42 Å². The first kappa shape index (κ1) is 18.8. The predicted molar refractivity (Wildman–Crippen MR) is 106 cm³/mol. The van der Waals surface area contributed by atoms with E-state index in [2.05, 4.69) is 10.1 Å². The molecule has 1 aliphatic heterocycles. The van der Waals surface area contributed by atoms with Gasteiger partial charge < -0.3 is 4.52 Å². The maximum absolute atomic E-state index is 12.9. The molecule has 3 heterocycles. The molecule has 7 heteroatoms. The second-order valence-corrected chi connectivity index (χ2v) is 9.12. The first-order chi connectivity index (χ1) is 13.5. The maximum atomic E-state index is 12.9. The van der Waals surface area contributed by atoms with E-state index in [0.29, 0.717) is 18.0 Å². The van der Waals surface area contributed by atoms with Crippen molar-refractivity contribution >= 4 is 10.0 Å². The van der Waals surface area contributed by atoms with Crippen molar-refractivity contribution in [2.75, 3.05) is 13.1 Å². The van der Waals surface area contributed by atoms with Crippen molar-refractivity contribution in [2.24, 2.45) is 0 Å². The molecular weight excluding hydrogens is 374 g/mol. The van der Waals surface area contributed by atoms with E-state index in [-0.39, 0.29) is 5.92 Å². The number of aryl methyl sites for hydroxylation is 2. The van der Waals surface area contributed by atoms with Gasteiger partial charge >= 0.3 is 0 Å². The predicted octanol–water partition coefficient (Wildman–Crippen LogP) is 3.92. The molecule has 0 aliphatic carbocycles. The first-order valence-electron chi connectivity index (χ1n) is 9.41. The van der Waals surface area contributed by atoms with Crippen molar-refractivity contribution in [3.05, 3.63) is 65.8 Å². The third-order valence-corrected chi connectivity index (χ3v) is 7.17. The van der Waals surface area contributed by atoms with Crippen molar-refractivity contribution < 1.29 is 12.9 Å². The Morgan fingerprint density at radius 3 is 2.54 bits per heavy atom. The Labute approximate surface area is 165 Å². The van der Waals surface area contributed by atoms with E-state index in [0.717, 1.165) is 41.1 Å². The summed E-state index contributed by atoms with van der Waals surface area (Å²) in [6.07, 6.45) is 3.58. The van der Waals surface area contributed by atoms with E-state index < -0.39 is 10.0 Å². The van der Waals surface area contributed by atoms with Crippen LogP contribution in [0.1, 0.15) is 35.9 Å². The summed E-state index contributed by atoms with van der Waals surface area (Å²) in [5.74, 6) is 0.857. The number of piperidine rings is 1. The minimum absolute atomic E-state index is 0.0888. The van der Waals surface area contributed by atoms with Gasteiger partial charge in [-0.25, -0.2) is 8.42 Å². The Balaban J connectivity index is 1.55. The minimum atomic E-state index is -3.47. The van der Waals surface area contributed by atoms with Crippen molar-refractivity contribution in [3.8, 4) is 11.1 Å². The highest BCUT2D eigenvalue weighted by molar-refractivity contribution is 7.89. The summed E-state index contributed by atoms with van der Waals surface area (Å²) < 4.78 is 32.7. The van der Waals surface area contributed by atoms with Crippen LogP contribution < -0.4 is 0 Å². The summed E-state index contributed by atoms with van der Waals surface area (Å²) in [4.78, 5) is 4.98. The molecule has 6 nitrogen and oxygen atoms in total. The molecule has 4 rings (SSSR count). The highest BCUT2D eigenvalue weighted by atomic mass is 32.2. The lowest BCUT2D eigenvalue weighted by molar-refractivity contribution is 0.312. The molecule has 1 aromatic carbocycles. The van der Waals surface area contributed by atoms with Gasteiger partial charge in [0.2, 0.25) is 10.0 Å². The summed E-state index contributed by atoms with van der Waals surface area (Å²) in [5, 5.41) is 3.99. The van der Waals surface area contributed by atoms with Crippen LogP contribution in [0.3, 0.4) is 0 Å². The summed E-state index contributed by atoms with van der Waals surface area (Å²) in [6.45, 7) is 4.80. The number of hydrogen-bond donors (Lipinski definition) is 0. The highest BCUT2D eigenvalue weighted by Gasteiger charge is 2.31. The van der Waals surface area contributed by atoms with Crippen LogP contribution in [0.5, 0.6) is 0 Å². The average molecular weight is 398 g/mol. The molecule has 0 unspecified atom stereocenters. The fourth-order valence-corrected chi connectivity index (χ4v) is 5.38. The van der Waals surface area contributed by atoms with Crippen LogP contribution in [0.25, 0.3) is 11.1 Å². The van der Waals surface area contributed by atoms with E-state index in [1.165, 1.54) is 0 Å². The van der Waals surface area contributed by atoms with Gasteiger partial charge in [-0.1, -0.05) is 29.4 Å². The van der Waals surface area contributed by atoms with Crippen LogP contribution in [0.2, 0.25) is 0 Å². The third-order valence-electron chi connectivity index (χ3n) is 5.29. The Morgan fingerprint density at radius 1 is 1.11 bits per heavy atom. The molecular formula is C21H23N3O3S. The molecule has 2 aromatic heterocycles. The molecule has 0 spiro atoms. The van der Waals surface area contributed by atoms with Gasteiger partial charge in [0.05, 0.1) is 10.6 Å². The van der Waals surface area contributed by atoms with E-state index >= 15 is 0 Å². The van der Waals surface area contributed by atoms with Gasteiger partial charge in [-0.3, -0.25) is 4.98 Å². The van der Waals surface area contributed by atoms with Crippen molar-refractivity contribution in [1.29, 1.82) is 0 Å². The zero-order valence-corrected chi connectivity index (χ0v) is 16.8. The molecule has 0 saturated carbocycles. The fraction of sp³-hybridized carbons (Fsp3) is 0.333. The topological polar surface area (TPSA) is 76.3 Å². The Bertz CT molecular complexity index is 1040. The minimum Gasteiger partial charge on any atom is -0.361 e. The number of rotatable bonds is 4. The van der Waals surface area contributed by atoms with Gasteiger partial charge in [0.25, 0.3) is 0 Å². The number of hydrogen-bond acceptors (Lipinski definition) is 5. The third kappa shape index (κ3) is 3.47. The van der Waals surface area contributed by atoms with Gasteiger partial charge in [0.1, 0.15) is 5.76 Å². The van der Waals surface area contributed by atoms with E-state index in [1.807, 2.05) is 38.2 Å². The molecule has 1 fully saturated rings. The lowest BCUT2D eigenvalue weighted by Gasteiger charge is -2.31. The second kappa shape index (κ2) is 7.48. The van der Waals surface area contributed by atoms with E-state index in [4.69, 9.17) is 4.52 Å². The summed E-state index contributed by atoms with van der Waals surface area (Å²) in [7, 11) is -3.47. The van der Waals surface area contributed by atoms with Gasteiger partial charge in [-0.05, 0) is 44.9 Å². The smallest absolute Gasteiger partial charge is 0.243 e. The van der Waals surface area contributed by atoms with Crippen LogP contribution in [0.15, 0.2) is 58.1 Å². The summed E-state index contributed by atoms with van der Waals surface area (Å²) in [6, 6.07) is 12.6. The number of pyridine rings is 1. The Kier molecular flexibility index (Phi) is 5.03. The van der Waals surface area contributed by atoms with E-state index in [1.54, 1.807) is 28.6 Å². The fourth-order valence-electron chi connectivity index (χ4n) is 3.83. The standard InChI is InChI=1S/C21H23N3O3S/c1-15-21(16(2)27-23-15)17-10-11-20(22-13-17)18-7-6-12-24(14-18)28(25,26)19-8-4-3-5-9-19/h3-5,8-11,13,18H,6-7,12,14H2,1-2H3/t18-/m0/s1. The average Bonchev–Trinajstić information content (AvgIpc) is 3.07. The summed E-state index contributed by atoms with van der Waals surface area (Å²) >= 11 is 0. The van der Waals surface area contributed by atoms with Crippen molar-refractivity contribution in [1.82, 2.24) is 14.4 Å². The first-order valence-corrected chi connectivity index (χ1v) is 10.8. The Morgan fingerprint density at radius 2 is 1.89 bits per heavy atom. The molecule has 0 N–H and O–H groups in total. The zero-order valence-electron chi connectivity index (χ0n) is 16.0. The molecule has 0 bridgehead atoms. The van der Waals surface area contributed by atoms with Gasteiger partial charge in [0.15, 0.2) is 0 Å². The largest absolute Gasteiger partial charge is 0.361 e. The van der Waals surface area contributed by atoms with Gasteiger partial charge in [-0.15, -0.1) is 0 Å². The molecule has 0 amide bonds. The molecule has 0 radical (unpaired) electrons. The SMILES string of the molecule is Cc1noc(C)c1-c1ccc([C@H]2CCCN(S(=O)(=O)c3ccccc3)C2)nc1. The van der Waals surface area contributed by atoms with Crippen molar-refractivity contribution in [3.63, 3.8) is 0 Å². The molecule has 146 valence electrons. The Hall–Kier alpha value is -2.51. The number of benzene rings is 1. The van der Waals surface area contributed by atoms with Gasteiger partial charge in [-0.2, -0.15) is 4.31 Å². The number of nitrogens with zero attached hydrogens (tertiary/aromatic N) is 3. The molecule has 3 aromatic rings. The second-order valence-electron chi connectivity index (χ2n) is 7.19. The van der Waals surface area contributed by atoms with Crippen LogP contribution in [0, 0.1) is 13.8 Å². The monoisotopic (exact) mass is 397 g/mol. The maximum Gasteiger partial charge on any atom is 0.243 e. The number of sulfonamides is 1. The molecule has 1 saturated heterocycles. The lowest BCUT2D eigenvalue weighted by Crippen LogP contribution is -2.39. The van der Waals surface area contributed by atoms with Crippen LogP contribution in [-0.4, -0.2) is 36.0 Å². The normalized spacial score (nSPS) is 18.3.